The lowest BCUT2D eigenvalue weighted by atomic mass is 9.53. The van der Waals surface area contributed by atoms with Crippen molar-refractivity contribution in [3.63, 3.8) is 0 Å². The topological polar surface area (TPSA) is 29.5 Å². The second-order valence-electron chi connectivity index (χ2n) is 9.80. The molecule has 5 atom stereocenters. The molecule has 0 spiro atoms. The first-order valence-electron chi connectivity index (χ1n) is 11.0. The van der Waals surface area contributed by atoms with Crippen molar-refractivity contribution in [3.8, 4) is 18.1 Å². The zero-order chi connectivity index (χ0) is 18.6. The molecule has 1 aromatic rings. The molecule has 0 saturated heterocycles. The SMILES string of the molecule is C#C[C@]1(O)CCC2C3CCc4cc(OC5CCCC5)ccc4C3CCC21C. The van der Waals surface area contributed by atoms with Crippen LogP contribution in [0, 0.1) is 29.6 Å². The Bertz CT molecular complexity index is 771. The highest BCUT2D eigenvalue weighted by molar-refractivity contribution is 5.41. The molecule has 3 fully saturated rings. The molecule has 4 aliphatic carbocycles. The van der Waals surface area contributed by atoms with Gasteiger partial charge >= 0.3 is 0 Å². The van der Waals surface area contributed by atoms with E-state index in [1.807, 2.05) is 0 Å². The summed E-state index contributed by atoms with van der Waals surface area (Å²) in [7, 11) is 0. The lowest BCUT2D eigenvalue weighted by Gasteiger charge is -2.52. The molecule has 2 nitrogen and oxygen atoms in total. The second kappa shape index (κ2) is 6.28. The lowest BCUT2D eigenvalue weighted by Crippen LogP contribution is -2.50. The highest BCUT2D eigenvalue weighted by atomic mass is 16.5. The molecule has 3 saturated carbocycles. The maximum atomic E-state index is 11.1. The highest BCUT2D eigenvalue weighted by Gasteiger charge is 2.61. The number of ether oxygens (including phenoxy) is 1. The Labute approximate surface area is 163 Å². The largest absolute Gasteiger partial charge is 0.490 e. The van der Waals surface area contributed by atoms with Crippen LogP contribution in [-0.4, -0.2) is 16.8 Å². The van der Waals surface area contributed by atoms with Crippen LogP contribution in [0.5, 0.6) is 5.75 Å². The third-order valence-corrected chi connectivity index (χ3v) is 8.69. The molecule has 144 valence electrons. The van der Waals surface area contributed by atoms with Crippen LogP contribution < -0.4 is 4.74 Å². The standard InChI is InChI=1S/C25H32O2/c1-3-25(26)15-13-23-22-10-8-17-16-19(27-18-6-4-5-7-18)9-11-20(17)21(22)12-14-24(23,25)2/h1,9,11,16,18,21-23,26H,4-8,10,12-15H2,2H3/t21?,22?,23?,24?,25-/m0/s1. The summed E-state index contributed by atoms with van der Waals surface area (Å²) >= 11 is 0. The molecule has 4 aliphatic rings. The van der Waals surface area contributed by atoms with Crippen LogP contribution in [0.2, 0.25) is 0 Å². The predicted octanol–water partition coefficient (Wildman–Crippen LogP) is 5.23. The minimum atomic E-state index is -0.901. The Morgan fingerprint density at radius 1 is 1.11 bits per heavy atom. The van der Waals surface area contributed by atoms with Crippen molar-refractivity contribution in [2.75, 3.05) is 0 Å². The van der Waals surface area contributed by atoms with E-state index in [-0.39, 0.29) is 5.41 Å². The predicted molar refractivity (Wildman–Crippen MR) is 108 cm³/mol. The zero-order valence-electron chi connectivity index (χ0n) is 16.5. The van der Waals surface area contributed by atoms with Crippen LogP contribution in [0.1, 0.15) is 81.8 Å². The van der Waals surface area contributed by atoms with Gasteiger partial charge in [-0.25, -0.2) is 0 Å². The molecular weight excluding hydrogens is 332 g/mol. The van der Waals surface area contributed by atoms with Crippen LogP contribution in [0.3, 0.4) is 0 Å². The van der Waals surface area contributed by atoms with Gasteiger partial charge in [-0.2, -0.15) is 0 Å². The fraction of sp³-hybridized carbons (Fsp3) is 0.680. The van der Waals surface area contributed by atoms with Gasteiger partial charge in [-0.05, 0) is 105 Å². The quantitative estimate of drug-likeness (QED) is 0.728. The molecule has 0 radical (unpaired) electrons. The van der Waals surface area contributed by atoms with E-state index in [1.165, 1.54) is 37.7 Å². The molecule has 0 amide bonds. The van der Waals surface area contributed by atoms with Gasteiger partial charge in [0, 0.05) is 5.41 Å². The van der Waals surface area contributed by atoms with Crippen molar-refractivity contribution in [2.45, 2.75) is 88.8 Å². The molecule has 27 heavy (non-hydrogen) atoms. The summed E-state index contributed by atoms with van der Waals surface area (Å²) < 4.78 is 6.25. The highest BCUT2D eigenvalue weighted by Crippen LogP contribution is 2.64. The molecule has 1 aromatic carbocycles. The number of aliphatic hydroxyl groups is 1. The van der Waals surface area contributed by atoms with Gasteiger partial charge in [-0.3, -0.25) is 0 Å². The van der Waals surface area contributed by atoms with E-state index >= 15 is 0 Å². The van der Waals surface area contributed by atoms with Gasteiger partial charge in [0.15, 0.2) is 0 Å². The van der Waals surface area contributed by atoms with Crippen LogP contribution in [0.4, 0.5) is 0 Å². The number of fused-ring (bicyclic) bond motifs is 5. The summed E-state index contributed by atoms with van der Waals surface area (Å²) in [6.07, 6.45) is 17.6. The smallest absolute Gasteiger partial charge is 0.130 e. The third kappa shape index (κ3) is 2.58. The summed E-state index contributed by atoms with van der Waals surface area (Å²) in [5.41, 5.74) is 2.04. The summed E-state index contributed by atoms with van der Waals surface area (Å²) in [5.74, 6) is 5.70. The van der Waals surface area contributed by atoms with E-state index in [4.69, 9.17) is 11.2 Å². The minimum absolute atomic E-state index is 0.105. The molecule has 4 unspecified atom stereocenters. The number of aryl methyl sites for hydroxylation is 1. The fourth-order valence-corrected chi connectivity index (χ4v) is 7.08. The Morgan fingerprint density at radius 2 is 1.93 bits per heavy atom. The maximum absolute atomic E-state index is 11.1. The van der Waals surface area contributed by atoms with Crippen molar-refractivity contribution in [2.24, 2.45) is 17.3 Å². The summed E-state index contributed by atoms with van der Waals surface area (Å²) in [6.45, 7) is 2.26. The molecule has 0 aromatic heterocycles. The Morgan fingerprint density at radius 3 is 2.70 bits per heavy atom. The minimum Gasteiger partial charge on any atom is -0.490 e. The van der Waals surface area contributed by atoms with Gasteiger partial charge in [-0.15, -0.1) is 6.42 Å². The van der Waals surface area contributed by atoms with Gasteiger partial charge < -0.3 is 9.84 Å². The lowest BCUT2D eigenvalue weighted by molar-refractivity contribution is -0.0647. The first-order chi connectivity index (χ1) is 13.0. The van der Waals surface area contributed by atoms with Crippen LogP contribution in [-0.2, 0) is 6.42 Å². The molecule has 0 aliphatic heterocycles. The van der Waals surface area contributed by atoms with Crippen molar-refractivity contribution in [1.82, 2.24) is 0 Å². The Hall–Kier alpha value is -1.46. The Balaban J connectivity index is 1.40. The van der Waals surface area contributed by atoms with Gasteiger partial charge in [0.25, 0.3) is 0 Å². The number of hydrogen-bond donors (Lipinski definition) is 1. The van der Waals surface area contributed by atoms with Crippen molar-refractivity contribution >= 4 is 0 Å². The first-order valence-corrected chi connectivity index (χ1v) is 11.0. The van der Waals surface area contributed by atoms with E-state index in [0.717, 1.165) is 37.9 Å². The summed E-state index contributed by atoms with van der Waals surface area (Å²) in [5, 5.41) is 11.1. The van der Waals surface area contributed by atoms with Crippen molar-refractivity contribution in [3.05, 3.63) is 29.3 Å². The Kier molecular flexibility index (Phi) is 4.10. The maximum Gasteiger partial charge on any atom is 0.130 e. The number of hydrogen-bond acceptors (Lipinski definition) is 2. The molecule has 0 heterocycles. The molecule has 1 N–H and O–H groups in total. The monoisotopic (exact) mass is 364 g/mol. The molecule has 0 bridgehead atoms. The molecular formula is C25H32O2. The average Bonchev–Trinajstić information content (AvgIpc) is 3.28. The van der Waals surface area contributed by atoms with E-state index in [9.17, 15) is 5.11 Å². The van der Waals surface area contributed by atoms with Gasteiger partial charge in [-0.1, -0.05) is 18.9 Å². The third-order valence-electron chi connectivity index (χ3n) is 8.69. The van der Waals surface area contributed by atoms with E-state index in [1.54, 1.807) is 5.56 Å². The van der Waals surface area contributed by atoms with Crippen LogP contribution >= 0.6 is 0 Å². The number of benzene rings is 1. The van der Waals surface area contributed by atoms with Crippen molar-refractivity contribution in [1.29, 1.82) is 0 Å². The number of rotatable bonds is 2. The van der Waals surface area contributed by atoms with Gasteiger partial charge in [0.2, 0.25) is 0 Å². The summed E-state index contributed by atoms with van der Waals surface area (Å²) in [4.78, 5) is 0. The van der Waals surface area contributed by atoms with Gasteiger partial charge in [0.05, 0.1) is 6.10 Å². The summed E-state index contributed by atoms with van der Waals surface area (Å²) in [6, 6.07) is 6.88. The van der Waals surface area contributed by atoms with E-state index in [2.05, 4.69) is 31.0 Å². The van der Waals surface area contributed by atoms with Crippen LogP contribution in [0.25, 0.3) is 0 Å². The zero-order valence-corrected chi connectivity index (χ0v) is 16.5. The number of terminal acetylenes is 1. The fourth-order valence-electron chi connectivity index (χ4n) is 7.08. The van der Waals surface area contributed by atoms with Crippen molar-refractivity contribution < 1.29 is 9.84 Å². The van der Waals surface area contributed by atoms with Gasteiger partial charge in [0.1, 0.15) is 11.4 Å². The second-order valence-corrected chi connectivity index (χ2v) is 9.80. The van der Waals surface area contributed by atoms with Crippen LogP contribution in [0.15, 0.2) is 18.2 Å². The normalized spacial score (nSPS) is 40.7. The van der Waals surface area contributed by atoms with E-state index in [0.29, 0.717) is 23.9 Å². The first kappa shape index (κ1) is 17.6. The molecule has 2 heteroatoms. The van der Waals surface area contributed by atoms with E-state index < -0.39 is 5.60 Å². The average molecular weight is 365 g/mol. The molecule has 5 rings (SSSR count).